The average molecular weight is 670 g/mol. The molecule has 0 amide bonds. The zero-order valence-corrected chi connectivity index (χ0v) is 28.1. The number of nitrogens with zero attached hydrogens (tertiary/aromatic N) is 1. The van der Waals surface area contributed by atoms with Crippen LogP contribution in [0, 0.1) is 6.92 Å². The van der Waals surface area contributed by atoms with Crippen LogP contribution in [-0.4, -0.2) is 57.4 Å². The van der Waals surface area contributed by atoms with Gasteiger partial charge in [0.05, 0.1) is 0 Å². The molecule has 3 heterocycles. The number of rotatable bonds is 4. The molecule has 0 bridgehead atoms. The second-order valence-electron chi connectivity index (χ2n) is 11.7. The summed E-state index contributed by atoms with van der Waals surface area (Å²) in [5, 5.41) is 35.8. The molecule has 1 saturated heterocycles. The molecule has 0 saturated carbocycles. The maximum atomic E-state index is 11.9. The molecule has 0 spiro atoms. The molecule has 6 rings (SSSR count). The Kier molecular flexibility index (Phi) is 12.1. The molecule has 0 radical (unpaired) electrons. The van der Waals surface area contributed by atoms with Gasteiger partial charge in [-0.3, -0.25) is 4.79 Å². The van der Waals surface area contributed by atoms with Crippen LogP contribution in [0.4, 0.5) is 0 Å². The van der Waals surface area contributed by atoms with Gasteiger partial charge in [0.1, 0.15) is 28.2 Å². The lowest BCUT2D eigenvalue weighted by Crippen LogP contribution is -2.27. The SMILES string of the molecule is CC(C)=CCc1c(O)cc2oc(C)cc(=O)c2c1O.CN1CCC(=C2c3ccccc3Sc3ccccc32)CC1.O=C(O)C=CC(=O)O. The van der Waals surface area contributed by atoms with Crippen molar-refractivity contribution in [2.45, 2.75) is 49.8 Å². The van der Waals surface area contributed by atoms with Crippen molar-refractivity contribution in [3.63, 3.8) is 0 Å². The third-order valence-electron chi connectivity index (χ3n) is 7.76. The first kappa shape index (κ1) is 35.8. The van der Waals surface area contributed by atoms with E-state index in [-0.39, 0.29) is 27.9 Å². The summed E-state index contributed by atoms with van der Waals surface area (Å²) in [6, 6.07) is 20.4. The molecule has 1 fully saturated rings. The Morgan fingerprint density at radius 1 is 0.896 bits per heavy atom. The highest BCUT2D eigenvalue weighted by molar-refractivity contribution is 7.99. The normalized spacial score (nSPS) is 13.8. The molecule has 9 nitrogen and oxygen atoms in total. The van der Waals surface area contributed by atoms with E-state index in [1.807, 2.05) is 31.7 Å². The van der Waals surface area contributed by atoms with Crippen molar-refractivity contribution < 1.29 is 34.4 Å². The number of carboxylic acid groups (broad SMARTS) is 2. The molecule has 2 aliphatic rings. The highest BCUT2D eigenvalue weighted by Crippen LogP contribution is 2.47. The van der Waals surface area contributed by atoms with E-state index in [4.69, 9.17) is 14.6 Å². The largest absolute Gasteiger partial charge is 0.507 e. The van der Waals surface area contributed by atoms with Crippen molar-refractivity contribution in [2.75, 3.05) is 20.1 Å². The van der Waals surface area contributed by atoms with Gasteiger partial charge in [-0.25, -0.2) is 9.59 Å². The smallest absolute Gasteiger partial charge is 0.328 e. The van der Waals surface area contributed by atoms with Gasteiger partial charge in [0.15, 0.2) is 5.43 Å². The molecular formula is C38H39NO8S. The van der Waals surface area contributed by atoms with Gasteiger partial charge >= 0.3 is 11.9 Å². The van der Waals surface area contributed by atoms with E-state index in [0.29, 0.717) is 29.9 Å². The number of benzene rings is 3. The van der Waals surface area contributed by atoms with Crippen molar-refractivity contribution >= 4 is 40.2 Å². The Hall–Kier alpha value is -5.06. The molecule has 48 heavy (non-hydrogen) atoms. The van der Waals surface area contributed by atoms with Crippen LogP contribution in [0.1, 0.15) is 49.1 Å². The van der Waals surface area contributed by atoms with Crippen molar-refractivity contribution in [1.29, 1.82) is 0 Å². The van der Waals surface area contributed by atoms with Crippen LogP contribution in [0.3, 0.4) is 0 Å². The number of hydrogen-bond acceptors (Lipinski definition) is 8. The van der Waals surface area contributed by atoms with E-state index in [1.165, 1.54) is 64.6 Å². The Labute approximate surface area is 283 Å². The molecule has 0 atom stereocenters. The quantitative estimate of drug-likeness (QED) is 0.113. The number of phenols is 2. The molecule has 4 N–H and O–H groups in total. The van der Waals surface area contributed by atoms with Gasteiger partial charge in [-0.05, 0) is 75.9 Å². The van der Waals surface area contributed by atoms with Crippen molar-refractivity contribution in [3.05, 3.63) is 123 Å². The summed E-state index contributed by atoms with van der Waals surface area (Å²) >= 11 is 1.91. The number of phenolic OH excluding ortho intramolecular Hbond substituents is 2. The van der Waals surface area contributed by atoms with Gasteiger partial charge in [-0.1, -0.05) is 65.4 Å². The first-order valence-corrected chi connectivity index (χ1v) is 16.2. The predicted octanol–water partition coefficient (Wildman–Crippen LogP) is 7.41. The molecular weight excluding hydrogens is 630 g/mol. The van der Waals surface area contributed by atoms with Crippen LogP contribution >= 0.6 is 11.8 Å². The molecule has 250 valence electrons. The third-order valence-corrected chi connectivity index (χ3v) is 8.91. The van der Waals surface area contributed by atoms with Crippen molar-refractivity contribution in [2.24, 2.45) is 0 Å². The lowest BCUT2D eigenvalue weighted by Gasteiger charge is -2.30. The molecule has 4 aromatic rings. The van der Waals surface area contributed by atoms with E-state index < -0.39 is 11.9 Å². The summed E-state index contributed by atoms with van der Waals surface area (Å²) in [5.74, 6) is -2.36. The van der Waals surface area contributed by atoms with Crippen LogP contribution < -0.4 is 5.43 Å². The Bertz CT molecular complexity index is 1910. The zero-order valence-electron chi connectivity index (χ0n) is 27.3. The third kappa shape index (κ3) is 9.05. The Morgan fingerprint density at radius 3 is 1.96 bits per heavy atom. The lowest BCUT2D eigenvalue weighted by molar-refractivity contribution is -0.134. The minimum Gasteiger partial charge on any atom is -0.507 e. The fourth-order valence-corrected chi connectivity index (χ4v) is 6.50. The maximum absolute atomic E-state index is 11.9. The fraction of sp³-hybridized carbons (Fsp3) is 0.237. The van der Waals surface area contributed by atoms with E-state index in [0.717, 1.165) is 5.57 Å². The summed E-state index contributed by atoms with van der Waals surface area (Å²) in [7, 11) is 2.22. The number of likely N-dealkylation sites (tertiary alicyclic amines) is 1. The summed E-state index contributed by atoms with van der Waals surface area (Å²) in [6.07, 6.45) is 5.74. The van der Waals surface area contributed by atoms with Gasteiger partial charge < -0.3 is 29.7 Å². The Morgan fingerprint density at radius 2 is 1.44 bits per heavy atom. The molecule has 1 aromatic heterocycles. The maximum Gasteiger partial charge on any atom is 0.328 e. The second-order valence-corrected chi connectivity index (χ2v) is 12.8. The minimum absolute atomic E-state index is 0.0729. The number of piperidine rings is 1. The number of allylic oxidation sites excluding steroid dienone is 2. The fourth-order valence-electron chi connectivity index (χ4n) is 5.41. The van der Waals surface area contributed by atoms with E-state index in [1.54, 1.807) is 12.5 Å². The zero-order chi connectivity index (χ0) is 35.0. The average Bonchev–Trinajstić information content (AvgIpc) is 3.03. The van der Waals surface area contributed by atoms with Crippen molar-refractivity contribution in [1.82, 2.24) is 4.90 Å². The van der Waals surface area contributed by atoms with E-state index in [2.05, 4.69) is 60.5 Å². The summed E-state index contributed by atoms with van der Waals surface area (Å²) in [5.41, 5.74) is 7.29. The van der Waals surface area contributed by atoms with Crippen LogP contribution in [0.2, 0.25) is 0 Å². The number of fused-ring (bicyclic) bond motifs is 3. The highest BCUT2D eigenvalue weighted by atomic mass is 32.2. The molecule has 3 aromatic carbocycles. The van der Waals surface area contributed by atoms with Gasteiger partial charge in [0, 0.05) is 52.7 Å². The van der Waals surface area contributed by atoms with Gasteiger partial charge in [0.25, 0.3) is 0 Å². The van der Waals surface area contributed by atoms with Crippen LogP contribution in [-0.2, 0) is 16.0 Å². The van der Waals surface area contributed by atoms with Gasteiger partial charge in [0.2, 0.25) is 0 Å². The standard InChI is InChI=1S/C19H19NS.C15H16O4.C4H4O4/c1-20-12-10-14(11-13-20)19-15-6-2-4-8-17(15)21-18-9-5-3-7-16(18)19;1-8(2)4-5-10-11(16)7-13-14(15(10)18)12(17)6-9(3)19-13;5-3(6)1-2-4(7)8/h2-9H,10-13H2,1H3;4,6-7,16,18H,5H2,1-3H3;1-2H,(H,5,6)(H,7,8). The monoisotopic (exact) mass is 669 g/mol. The lowest BCUT2D eigenvalue weighted by atomic mass is 9.88. The van der Waals surface area contributed by atoms with Gasteiger partial charge in [-0.15, -0.1) is 0 Å². The second kappa shape index (κ2) is 16.2. The van der Waals surface area contributed by atoms with E-state index in [9.17, 15) is 24.6 Å². The van der Waals surface area contributed by atoms with Gasteiger partial charge in [-0.2, -0.15) is 0 Å². The Balaban J connectivity index is 0.000000179. The summed E-state index contributed by atoms with van der Waals surface area (Å²) < 4.78 is 5.35. The molecule has 0 aliphatic carbocycles. The van der Waals surface area contributed by atoms with Crippen LogP contribution in [0.25, 0.3) is 16.5 Å². The van der Waals surface area contributed by atoms with E-state index >= 15 is 0 Å². The number of carboxylic acids is 2. The van der Waals surface area contributed by atoms with Crippen LogP contribution in [0.5, 0.6) is 11.5 Å². The summed E-state index contributed by atoms with van der Waals surface area (Å²) in [4.78, 5) is 36.2. The van der Waals surface area contributed by atoms with Crippen LogP contribution in [0.15, 0.2) is 109 Å². The number of hydrogen-bond donors (Lipinski definition) is 4. The number of aliphatic carboxylic acids is 2. The topological polar surface area (TPSA) is 149 Å². The first-order valence-electron chi connectivity index (χ1n) is 15.4. The minimum atomic E-state index is -1.26. The number of aromatic hydroxyl groups is 2. The molecule has 0 unspecified atom stereocenters. The number of aryl methyl sites for hydroxylation is 1. The summed E-state index contributed by atoms with van der Waals surface area (Å²) in [6.45, 7) is 7.85. The number of carbonyl (C=O) groups is 2. The van der Waals surface area contributed by atoms with Crippen molar-refractivity contribution in [3.8, 4) is 11.5 Å². The predicted molar refractivity (Wildman–Crippen MR) is 188 cm³/mol. The molecule has 2 aliphatic heterocycles. The first-order chi connectivity index (χ1) is 22.8. The highest BCUT2D eigenvalue weighted by Gasteiger charge is 2.24. The molecule has 10 heteroatoms.